The van der Waals surface area contributed by atoms with Crippen LogP contribution in [-0.4, -0.2) is 26.0 Å². The number of para-hydroxylation sites is 1. The Kier molecular flexibility index (Phi) is 6.02. The number of fused-ring (bicyclic) bond motifs is 1. The number of carbonyl (C=O) groups excluding carboxylic acids is 1. The number of anilines is 1. The Balaban J connectivity index is 1.85. The fourth-order valence-corrected chi connectivity index (χ4v) is 4.97. The van der Waals surface area contributed by atoms with Gasteiger partial charge in [-0.25, -0.2) is 8.42 Å². The maximum Gasteiger partial charge on any atom is 0.244 e. The van der Waals surface area contributed by atoms with Gasteiger partial charge in [0.1, 0.15) is 17.2 Å². The fraction of sp³-hybridized carbons (Fsp3) is 0.120. The number of nitrogens with one attached hydrogen (secondary N) is 1. The quantitative estimate of drug-likeness (QED) is 0.471. The number of sulfone groups is 1. The lowest BCUT2D eigenvalue weighted by Gasteiger charge is -2.15. The van der Waals surface area contributed by atoms with Crippen LogP contribution in [0.4, 0.5) is 5.69 Å². The van der Waals surface area contributed by atoms with Gasteiger partial charge in [0, 0.05) is 11.9 Å². The number of aromatic nitrogens is 1. The first-order valence-electron chi connectivity index (χ1n) is 10.2. The molecule has 1 N–H and O–H groups in total. The molecule has 33 heavy (non-hydrogen) atoms. The zero-order valence-corrected chi connectivity index (χ0v) is 18.9. The SMILES string of the molecule is COc1ccc2c(c1)c(=O)c(S(=O)(=O)c1ccccc1)cn2CC(=O)Nc1ccccc1C. The second-order valence-electron chi connectivity index (χ2n) is 7.51. The third-order valence-electron chi connectivity index (χ3n) is 5.33. The van der Waals surface area contributed by atoms with E-state index in [-0.39, 0.29) is 22.7 Å². The highest BCUT2D eigenvalue weighted by molar-refractivity contribution is 7.91. The first kappa shape index (κ1) is 22.3. The zero-order chi connectivity index (χ0) is 23.6. The van der Waals surface area contributed by atoms with Crippen molar-refractivity contribution in [3.8, 4) is 5.75 Å². The van der Waals surface area contributed by atoms with Gasteiger partial charge in [-0.3, -0.25) is 9.59 Å². The zero-order valence-electron chi connectivity index (χ0n) is 18.1. The van der Waals surface area contributed by atoms with E-state index in [0.717, 1.165) is 5.56 Å². The summed E-state index contributed by atoms with van der Waals surface area (Å²) >= 11 is 0. The Hall–Kier alpha value is -3.91. The van der Waals surface area contributed by atoms with Crippen LogP contribution < -0.4 is 15.5 Å². The van der Waals surface area contributed by atoms with Crippen LogP contribution in [-0.2, 0) is 21.2 Å². The van der Waals surface area contributed by atoms with Crippen molar-refractivity contribution in [2.24, 2.45) is 0 Å². The molecule has 0 radical (unpaired) electrons. The van der Waals surface area contributed by atoms with Crippen LogP contribution in [0.5, 0.6) is 5.75 Å². The van der Waals surface area contributed by atoms with E-state index in [1.54, 1.807) is 36.4 Å². The maximum absolute atomic E-state index is 13.3. The van der Waals surface area contributed by atoms with Crippen LogP contribution >= 0.6 is 0 Å². The minimum absolute atomic E-state index is 0.000239. The number of hydrogen-bond donors (Lipinski definition) is 1. The minimum Gasteiger partial charge on any atom is -0.497 e. The molecule has 0 saturated carbocycles. The summed E-state index contributed by atoms with van der Waals surface area (Å²) in [6.07, 6.45) is 1.23. The summed E-state index contributed by atoms with van der Waals surface area (Å²) in [5.41, 5.74) is 1.33. The number of hydrogen-bond acceptors (Lipinski definition) is 5. The van der Waals surface area contributed by atoms with E-state index in [1.807, 2.05) is 25.1 Å². The summed E-state index contributed by atoms with van der Waals surface area (Å²) in [4.78, 5) is 25.7. The molecule has 1 aromatic heterocycles. The Morgan fingerprint density at radius 2 is 1.70 bits per heavy atom. The van der Waals surface area contributed by atoms with Crippen LogP contribution in [0.1, 0.15) is 5.56 Å². The monoisotopic (exact) mass is 462 g/mol. The topological polar surface area (TPSA) is 94.5 Å². The van der Waals surface area contributed by atoms with Gasteiger partial charge in [-0.1, -0.05) is 36.4 Å². The number of aryl methyl sites for hydroxylation is 1. The predicted molar refractivity (Wildman–Crippen MR) is 126 cm³/mol. The van der Waals surface area contributed by atoms with Gasteiger partial charge < -0.3 is 14.6 Å². The summed E-state index contributed by atoms with van der Waals surface area (Å²) in [6, 6.07) is 19.8. The van der Waals surface area contributed by atoms with Gasteiger partial charge in [0.05, 0.1) is 22.9 Å². The molecule has 1 amide bonds. The largest absolute Gasteiger partial charge is 0.497 e. The molecule has 0 saturated heterocycles. The molecule has 0 fully saturated rings. The van der Waals surface area contributed by atoms with Crippen LogP contribution in [0.15, 0.2) is 93.6 Å². The van der Waals surface area contributed by atoms with Crippen molar-refractivity contribution in [3.63, 3.8) is 0 Å². The molecule has 0 unspecified atom stereocenters. The van der Waals surface area contributed by atoms with Gasteiger partial charge in [-0.15, -0.1) is 0 Å². The summed E-state index contributed by atoms with van der Waals surface area (Å²) in [5, 5.41) is 2.99. The summed E-state index contributed by atoms with van der Waals surface area (Å²) in [7, 11) is -2.65. The van der Waals surface area contributed by atoms with Crippen LogP contribution in [0.25, 0.3) is 10.9 Å². The molecule has 0 aliphatic heterocycles. The lowest BCUT2D eigenvalue weighted by molar-refractivity contribution is -0.116. The number of benzene rings is 3. The molecule has 3 aromatic carbocycles. The Morgan fingerprint density at radius 1 is 1.00 bits per heavy atom. The lowest BCUT2D eigenvalue weighted by Crippen LogP contribution is -2.24. The van der Waals surface area contributed by atoms with Crippen molar-refractivity contribution in [2.45, 2.75) is 23.3 Å². The molecule has 168 valence electrons. The molecule has 4 rings (SSSR count). The number of rotatable bonds is 6. The number of methoxy groups -OCH3 is 1. The van der Waals surface area contributed by atoms with E-state index in [1.165, 1.54) is 36.1 Å². The highest BCUT2D eigenvalue weighted by Gasteiger charge is 2.24. The number of amides is 1. The average molecular weight is 463 g/mol. The van der Waals surface area contributed by atoms with Gasteiger partial charge in [0.2, 0.25) is 21.2 Å². The van der Waals surface area contributed by atoms with E-state index in [2.05, 4.69) is 5.32 Å². The van der Waals surface area contributed by atoms with Crippen molar-refractivity contribution in [1.29, 1.82) is 0 Å². The Labute approximate surface area is 191 Å². The number of nitrogens with zero attached hydrogens (tertiary/aromatic N) is 1. The predicted octanol–water partition coefficient (Wildman–Crippen LogP) is 3.79. The molecular weight excluding hydrogens is 440 g/mol. The fourth-order valence-electron chi connectivity index (χ4n) is 3.58. The van der Waals surface area contributed by atoms with Crippen molar-refractivity contribution in [3.05, 3.63) is 94.8 Å². The molecule has 4 aromatic rings. The third kappa shape index (κ3) is 4.38. The summed E-state index contributed by atoms with van der Waals surface area (Å²) in [6.45, 7) is 1.69. The standard InChI is InChI=1S/C25H22N2O5S/c1-17-8-6-7-11-21(17)26-24(28)16-27-15-23(33(30,31)19-9-4-3-5-10-19)25(29)20-14-18(32-2)12-13-22(20)27/h3-15H,16H2,1-2H3,(H,26,28). The third-order valence-corrected chi connectivity index (χ3v) is 7.09. The van der Waals surface area contributed by atoms with Gasteiger partial charge in [0.25, 0.3) is 0 Å². The molecule has 8 heteroatoms. The van der Waals surface area contributed by atoms with Crippen LogP contribution in [0.3, 0.4) is 0 Å². The molecular formula is C25H22N2O5S. The van der Waals surface area contributed by atoms with E-state index in [9.17, 15) is 18.0 Å². The molecule has 0 atom stereocenters. The van der Waals surface area contributed by atoms with Gasteiger partial charge in [-0.05, 0) is 48.9 Å². The molecule has 1 heterocycles. The number of carbonyl (C=O) groups is 1. The molecule has 0 aliphatic carbocycles. The van der Waals surface area contributed by atoms with E-state index in [0.29, 0.717) is 17.0 Å². The Bertz CT molecular complexity index is 1510. The van der Waals surface area contributed by atoms with Gasteiger partial charge >= 0.3 is 0 Å². The van der Waals surface area contributed by atoms with E-state index in [4.69, 9.17) is 4.74 Å². The first-order valence-corrected chi connectivity index (χ1v) is 11.7. The van der Waals surface area contributed by atoms with Crippen molar-refractivity contribution < 1.29 is 17.9 Å². The highest BCUT2D eigenvalue weighted by Crippen LogP contribution is 2.24. The van der Waals surface area contributed by atoms with E-state index < -0.39 is 20.2 Å². The van der Waals surface area contributed by atoms with Crippen molar-refractivity contribution in [2.75, 3.05) is 12.4 Å². The van der Waals surface area contributed by atoms with Gasteiger partial charge in [-0.2, -0.15) is 0 Å². The summed E-state index contributed by atoms with van der Waals surface area (Å²) < 4.78 is 33.3. The molecule has 0 bridgehead atoms. The van der Waals surface area contributed by atoms with Crippen molar-refractivity contribution >= 4 is 32.3 Å². The van der Waals surface area contributed by atoms with Crippen LogP contribution in [0.2, 0.25) is 0 Å². The highest BCUT2D eigenvalue weighted by atomic mass is 32.2. The molecule has 7 nitrogen and oxygen atoms in total. The second kappa shape index (κ2) is 8.91. The van der Waals surface area contributed by atoms with Crippen molar-refractivity contribution in [1.82, 2.24) is 4.57 Å². The Morgan fingerprint density at radius 3 is 2.39 bits per heavy atom. The molecule has 0 spiro atoms. The number of ether oxygens (including phenoxy) is 1. The maximum atomic E-state index is 13.3. The minimum atomic E-state index is -4.11. The second-order valence-corrected chi connectivity index (χ2v) is 9.43. The lowest BCUT2D eigenvalue weighted by atomic mass is 10.2. The smallest absolute Gasteiger partial charge is 0.244 e. The van der Waals surface area contributed by atoms with Crippen LogP contribution in [0, 0.1) is 6.92 Å². The average Bonchev–Trinajstić information content (AvgIpc) is 2.82. The molecule has 0 aliphatic rings. The normalized spacial score (nSPS) is 11.3. The first-order chi connectivity index (χ1) is 15.8. The van der Waals surface area contributed by atoms with Gasteiger partial charge in [0.15, 0.2) is 0 Å². The van der Waals surface area contributed by atoms with E-state index >= 15 is 0 Å². The summed E-state index contributed by atoms with van der Waals surface area (Å²) in [5.74, 6) is 0.0536. The number of pyridine rings is 1.